The number of ketones is 1. The molecule has 0 spiro atoms. The van der Waals surface area contributed by atoms with Gasteiger partial charge in [-0.15, -0.1) is 22.7 Å². The van der Waals surface area contributed by atoms with E-state index in [4.69, 9.17) is 16.3 Å². The summed E-state index contributed by atoms with van der Waals surface area (Å²) in [5, 5.41) is 3.28. The van der Waals surface area contributed by atoms with E-state index in [-0.39, 0.29) is 12.4 Å². The van der Waals surface area contributed by atoms with Gasteiger partial charge in [0.2, 0.25) is 0 Å². The van der Waals surface area contributed by atoms with E-state index in [0.717, 1.165) is 9.88 Å². The lowest BCUT2D eigenvalue weighted by atomic mass is 10.1. The Kier molecular flexibility index (Phi) is 5.08. The Morgan fingerprint density at radius 3 is 2.62 bits per heavy atom. The third-order valence-electron chi connectivity index (χ3n) is 3.21. The smallest absolute Gasteiger partial charge is 0.350 e. The fourth-order valence-corrected chi connectivity index (χ4v) is 3.89. The predicted octanol–water partition coefficient (Wildman–Crippen LogP) is 4.87. The summed E-state index contributed by atoms with van der Waals surface area (Å²) in [7, 11) is 0. The molecule has 122 valence electrons. The van der Waals surface area contributed by atoms with Crippen LogP contribution in [0.3, 0.4) is 0 Å². The summed E-state index contributed by atoms with van der Waals surface area (Å²) < 4.78 is 5.14. The molecular formula is C17H12ClNO3S2. The summed E-state index contributed by atoms with van der Waals surface area (Å²) in [6.45, 7) is 1.44. The number of thiazole rings is 1. The number of hydrogen-bond donors (Lipinski definition) is 0. The molecule has 0 aliphatic carbocycles. The number of ether oxygens (including phenoxy) is 1. The molecule has 1 aromatic carbocycles. The molecule has 24 heavy (non-hydrogen) atoms. The van der Waals surface area contributed by atoms with Gasteiger partial charge in [0.05, 0.1) is 10.6 Å². The van der Waals surface area contributed by atoms with E-state index in [9.17, 15) is 9.59 Å². The maximum Gasteiger partial charge on any atom is 0.350 e. The monoisotopic (exact) mass is 377 g/mol. The number of rotatable bonds is 5. The van der Waals surface area contributed by atoms with Crippen molar-refractivity contribution in [3.05, 3.63) is 62.9 Å². The van der Waals surface area contributed by atoms with Crippen molar-refractivity contribution >= 4 is 46.0 Å². The summed E-state index contributed by atoms with van der Waals surface area (Å²) >= 11 is 8.61. The van der Waals surface area contributed by atoms with Crippen molar-refractivity contribution in [1.29, 1.82) is 0 Å². The van der Waals surface area contributed by atoms with Crippen LogP contribution in [0.4, 0.5) is 0 Å². The molecule has 0 bridgehead atoms. The number of halogens is 1. The number of benzene rings is 1. The van der Waals surface area contributed by atoms with Gasteiger partial charge in [0.15, 0.2) is 12.4 Å². The number of Topliss-reactive ketones (excluding diaryl/α,β-unsaturated/α-hetero) is 1. The first-order chi connectivity index (χ1) is 11.5. The van der Waals surface area contributed by atoms with Crippen LogP contribution in [0.5, 0.6) is 0 Å². The van der Waals surface area contributed by atoms with Crippen molar-refractivity contribution < 1.29 is 14.3 Å². The van der Waals surface area contributed by atoms with Crippen LogP contribution in [0.25, 0.3) is 9.88 Å². The normalized spacial score (nSPS) is 10.6. The molecule has 0 saturated carbocycles. The van der Waals surface area contributed by atoms with Crippen LogP contribution in [0.2, 0.25) is 5.02 Å². The highest BCUT2D eigenvalue weighted by Gasteiger charge is 2.19. The molecule has 0 aliphatic rings. The fourth-order valence-electron chi connectivity index (χ4n) is 2.01. The second-order valence-corrected chi connectivity index (χ2v) is 7.30. The number of aryl methyl sites for hydroxylation is 1. The van der Waals surface area contributed by atoms with E-state index in [1.807, 2.05) is 17.5 Å². The predicted molar refractivity (Wildman–Crippen MR) is 96.2 cm³/mol. The Morgan fingerprint density at radius 1 is 1.21 bits per heavy atom. The molecular weight excluding hydrogens is 366 g/mol. The minimum Gasteiger partial charge on any atom is -0.453 e. The van der Waals surface area contributed by atoms with Gasteiger partial charge >= 0.3 is 5.97 Å². The maximum atomic E-state index is 12.2. The zero-order valence-corrected chi connectivity index (χ0v) is 15.0. The lowest BCUT2D eigenvalue weighted by Gasteiger charge is -2.03. The number of carbonyl (C=O) groups is 2. The molecule has 0 fully saturated rings. The van der Waals surface area contributed by atoms with Crippen molar-refractivity contribution in [2.45, 2.75) is 6.92 Å². The molecule has 0 amide bonds. The van der Waals surface area contributed by atoms with Crippen LogP contribution in [0.15, 0.2) is 41.8 Å². The number of thiophene rings is 1. The van der Waals surface area contributed by atoms with Gasteiger partial charge in [0.1, 0.15) is 9.88 Å². The number of esters is 1. The summed E-state index contributed by atoms with van der Waals surface area (Å²) in [4.78, 5) is 30.1. The highest BCUT2D eigenvalue weighted by molar-refractivity contribution is 7.22. The minimum absolute atomic E-state index is 0.277. The molecule has 4 nitrogen and oxygen atoms in total. The number of hydrogen-bond acceptors (Lipinski definition) is 6. The summed E-state index contributed by atoms with van der Waals surface area (Å²) in [5.41, 5.74) is 1.06. The number of nitrogens with zero attached hydrogens (tertiary/aromatic N) is 1. The lowest BCUT2D eigenvalue weighted by molar-refractivity contribution is 0.0478. The second kappa shape index (κ2) is 7.25. The van der Waals surface area contributed by atoms with E-state index in [2.05, 4.69) is 4.98 Å². The highest BCUT2D eigenvalue weighted by atomic mass is 35.5. The number of carbonyl (C=O) groups excluding carboxylic acids is 2. The molecule has 0 saturated heterocycles. The van der Waals surface area contributed by atoms with Gasteiger partial charge in [-0.2, -0.15) is 0 Å². The van der Waals surface area contributed by atoms with E-state index in [1.54, 1.807) is 42.5 Å². The molecule has 0 radical (unpaired) electrons. The Balaban J connectivity index is 1.67. The van der Waals surface area contributed by atoms with Gasteiger partial charge in [-0.3, -0.25) is 4.79 Å². The summed E-state index contributed by atoms with van der Waals surface area (Å²) in [5.74, 6) is -0.809. The van der Waals surface area contributed by atoms with Crippen molar-refractivity contribution in [2.75, 3.05) is 6.61 Å². The first kappa shape index (κ1) is 16.8. The van der Waals surface area contributed by atoms with Gasteiger partial charge in [-0.05, 0) is 42.6 Å². The lowest BCUT2D eigenvalue weighted by Crippen LogP contribution is -2.14. The third kappa shape index (κ3) is 3.72. The van der Waals surface area contributed by atoms with Gasteiger partial charge in [-0.25, -0.2) is 9.78 Å². The standard InChI is InChI=1S/C17H12ClNO3S2/c1-10-15(24-16(19-10)14-3-2-8-23-14)17(21)22-9-13(20)11-4-6-12(18)7-5-11/h2-8H,9H2,1H3. The fraction of sp³-hybridized carbons (Fsp3) is 0.118. The van der Waals surface area contributed by atoms with Crippen molar-refractivity contribution in [3.63, 3.8) is 0 Å². The number of aromatic nitrogens is 1. The summed E-state index contributed by atoms with van der Waals surface area (Å²) in [6, 6.07) is 10.3. The largest absolute Gasteiger partial charge is 0.453 e. The Labute approximate surface area is 151 Å². The Morgan fingerprint density at radius 2 is 1.96 bits per heavy atom. The van der Waals surface area contributed by atoms with Gasteiger partial charge in [0, 0.05) is 10.6 Å². The van der Waals surface area contributed by atoms with Crippen molar-refractivity contribution in [1.82, 2.24) is 4.98 Å². The molecule has 0 N–H and O–H groups in total. The van der Waals surface area contributed by atoms with Gasteiger partial charge in [0.25, 0.3) is 0 Å². The highest BCUT2D eigenvalue weighted by Crippen LogP contribution is 2.31. The van der Waals surface area contributed by atoms with Crippen molar-refractivity contribution in [3.8, 4) is 9.88 Å². The van der Waals surface area contributed by atoms with Crippen LogP contribution in [0.1, 0.15) is 25.7 Å². The molecule has 2 heterocycles. The van der Waals surface area contributed by atoms with Crippen LogP contribution < -0.4 is 0 Å². The summed E-state index contributed by atoms with van der Waals surface area (Å²) in [6.07, 6.45) is 0. The average molecular weight is 378 g/mol. The molecule has 3 aromatic rings. The average Bonchev–Trinajstić information content (AvgIpc) is 3.22. The van der Waals surface area contributed by atoms with Crippen molar-refractivity contribution in [2.24, 2.45) is 0 Å². The van der Waals surface area contributed by atoms with E-state index >= 15 is 0 Å². The maximum absolute atomic E-state index is 12.2. The quantitative estimate of drug-likeness (QED) is 0.470. The first-order valence-corrected chi connectivity index (χ1v) is 9.09. The third-order valence-corrected chi connectivity index (χ3v) is 5.64. The SMILES string of the molecule is Cc1nc(-c2cccs2)sc1C(=O)OCC(=O)c1ccc(Cl)cc1. The molecule has 0 aliphatic heterocycles. The molecule has 3 rings (SSSR count). The second-order valence-electron chi connectivity index (χ2n) is 4.92. The van der Waals surface area contributed by atoms with Gasteiger partial charge in [-0.1, -0.05) is 17.7 Å². The zero-order valence-electron chi connectivity index (χ0n) is 12.6. The minimum atomic E-state index is -0.532. The van der Waals surface area contributed by atoms with Crippen LogP contribution in [0, 0.1) is 6.92 Å². The van der Waals surface area contributed by atoms with Crippen LogP contribution in [-0.2, 0) is 4.74 Å². The van der Waals surface area contributed by atoms with E-state index < -0.39 is 5.97 Å². The molecule has 2 aromatic heterocycles. The van der Waals surface area contributed by atoms with Crippen LogP contribution >= 0.6 is 34.3 Å². The molecule has 7 heteroatoms. The zero-order chi connectivity index (χ0) is 17.1. The first-order valence-electron chi connectivity index (χ1n) is 7.02. The molecule has 0 unspecified atom stereocenters. The Hall–Kier alpha value is -2.02. The Bertz CT molecular complexity index is 870. The topological polar surface area (TPSA) is 56.3 Å². The van der Waals surface area contributed by atoms with Crippen LogP contribution in [-0.4, -0.2) is 23.3 Å². The molecule has 0 atom stereocenters. The van der Waals surface area contributed by atoms with E-state index in [1.165, 1.54) is 11.3 Å². The van der Waals surface area contributed by atoms with E-state index in [0.29, 0.717) is 21.2 Å². The van der Waals surface area contributed by atoms with Gasteiger partial charge < -0.3 is 4.74 Å².